The van der Waals surface area contributed by atoms with Gasteiger partial charge in [0.05, 0.1) is 0 Å². The summed E-state index contributed by atoms with van der Waals surface area (Å²) < 4.78 is 0. The van der Waals surface area contributed by atoms with Crippen molar-refractivity contribution in [2.24, 2.45) is 0 Å². The topological polar surface area (TPSA) is 71.5 Å². The van der Waals surface area contributed by atoms with Crippen LogP contribution < -0.4 is 5.56 Å². The van der Waals surface area contributed by atoms with E-state index in [4.69, 9.17) is 11.6 Å². The summed E-state index contributed by atoms with van der Waals surface area (Å²) >= 11 is 6.96. The fourth-order valence-electron chi connectivity index (χ4n) is 0.872. The summed E-state index contributed by atoms with van der Waals surface area (Å²) in [5.74, 6) is 0. The van der Waals surface area contributed by atoms with E-state index in [1.165, 1.54) is 24.7 Å². The van der Waals surface area contributed by atoms with E-state index >= 15 is 0 Å². The molecule has 5 nitrogen and oxygen atoms in total. The van der Waals surface area contributed by atoms with E-state index in [9.17, 15) is 4.79 Å². The van der Waals surface area contributed by atoms with Crippen LogP contribution in [0.2, 0.25) is 5.15 Å². The molecule has 0 aliphatic heterocycles. The Hall–Kier alpha value is -1.40. The van der Waals surface area contributed by atoms with Crippen molar-refractivity contribution in [3.63, 3.8) is 0 Å². The molecule has 0 aliphatic rings. The summed E-state index contributed by atoms with van der Waals surface area (Å²) in [6.45, 7) is 0. The normalized spacial score (nSPS) is 10.2. The van der Waals surface area contributed by atoms with E-state index < -0.39 is 0 Å². The molecule has 0 unspecified atom stereocenters. The third-order valence-electron chi connectivity index (χ3n) is 1.46. The molecule has 2 heterocycles. The van der Waals surface area contributed by atoms with Gasteiger partial charge in [-0.25, -0.2) is 15.0 Å². The van der Waals surface area contributed by atoms with E-state index in [-0.39, 0.29) is 10.7 Å². The fourth-order valence-corrected chi connectivity index (χ4v) is 1.79. The third kappa shape index (κ3) is 2.54. The highest BCUT2D eigenvalue weighted by atomic mass is 35.5. The van der Waals surface area contributed by atoms with Crippen LogP contribution in [0.4, 0.5) is 0 Å². The van der Waals surface area contributed by atoms with Gasteiger partial charge in [0, 0.05) is 24.7 Å². The van der Waals surface area contributed by atoms with Crippen molar-refractivity contribution in [3.05, 3.63) is 40.2 Å². The Kier molecular flexibility index (Phi) is 2.98. The second kappa shape index (κ2) is 4.41. The zero-order chi connectivity index (χ0) is 10.7. The zero-order valence-electron chi connectivity index (χ0n) is 7.35. The van der Waals surface area contributed by atoms with Crippen LogP contribution in [0.15, 0.2) is 39.6 Å². The summed E-state index contributed by atoms with van der Waals surface area (Å²) in [7, 11) is 0. The Labute approximate surface area is 94.0 Å². The molecule has 0 bridgehead atoms. The second-order valence-electron chi connectivity index (χ2n) is 2.49. The quantitative estimate of drug-likeness (QED) is 0.803. The molecule has 0 atom stereocenters. The van der Waals surface area contributed by atoms with E-state index in [0.29, 0.717) is 10.2 Å². The van der Waals surface area contributed by atoms with Gasteiger partial charge < -0.3 is 4.98 Å². The SMILES string of the molecule is O=c1ccnc(Sc2nccnc2Cl)[nH]1. The standard InChI is InChI=1S/C8H5ClN4OS/c9-6-7(11-4-3-10-6)15-8-12-2-1-5(14)13-8/h1-4H,(H,12,13,14). The van der Waals surface area contributed by atoms with Crippen LogP contribution in [0.25, 0.3) is 0 Å². The number of hydrogen-bond donors (Lipinski definition) is 1. The molecule has 0 aliphatic carbocycles. The minimum Gasteiger partial charge on any atom is -0.301 e. The molecule has 0 amide bonds. The van der Waals surface area contributed by atoms with Crippen LogP contribution in [0, 0.1) is 0 Å². The van der Waals surface area contributed by atoms with Gasteiger partial charge in [-0.05, 0) is 11.8 Å². The Bertz CT molecular complexity index is 530. The predicted octanol–water partition coefficient (Wildman–Crippen LogP) is 1.36. The van der Waals surface area contributed by atoms with Crippen molar-refractivity contribution in [2.75, 3.05) is 0 Å². The lowest BCUT2D eigenvalue weighted by molar-refractivity contribution is 0.929. The van der Waals surface area contributed by atoms with Gasteiger partial charge in [-0.1, -0.05) is 11.6 Å². The van der Waals surface area contributed by atoms with Crippen molar-refractivity contribution in [2.45, 2.75) is 10.2 Å². The molecule has 0 fully saturated rings. The molecule has 1 N–H and O–H groups in total. The summed E-state index contributed by atoms with van der Waals surface area (Å²) in [6, 6.07) is 1.34. The average Bonchev–Trinajstić information content (AvgIpc) is 2.22. The molecule has 0 radical (unpaired) electrons. The highest BCUT2D eigenvalue weighted by molar-refractivity contribution is 7.99. The number of aromatic nitrogens is 4. The molecular weight excluding hydrogens is 236 g/mol. The number of hydrogen-bond acceptors (Lipinski definition) is 5. The van der Waals surface area contributed by atoms with Gasteiger partial charge in [0.2, 0.25) is 0 Å². The molecule has 0 spiro atoms. The number of aromatic amines is 1. The summed E-state index contributed by atoms with van der Waals surface area (Å²) in [5, 5.41) is 1.23. The van der Waals surface area contributed by atoms with Crippen molar-refractivity contribution in [1.29, 1.82) is 0 Å². The minimum absolute atomic E-state index is 0.215. The van der Waals surface area contributed by atoms with E-state index in [1.54, 1.807) is 0 Å². The highest BCUT2D eigenvalue weighted by Crippen LogP contribution is 2.26. The first-order valence-corrected chi connectivity index (χ1v) is 5.15. The lowest BCUT2D eigenvalue weighted by Crippen LogP contribution is -2.05. The first-order chi connectivity index (χ1) is 7.25. The van der Waals surface area contributed by atoms with Crippen molar-refractivity contribution >= 4 is 23.4 Å². The Morgan fingerprint density at radius 2 is 2.00 bits per heavy atom. The number of H-pyrrole nitrogens is 1. The van der Waals surface area contributed by atoms with Crippen molar-refractivity contribution < 1.29 is 0 Å². The number of halogens is 1. The molecule has 0 aromatic carbocycles. The Balaban J connectivity index is 2.30. The lowest BCUT2D eigenvalue weighted by atomic mass is 10.7. The lowest BCUT2D eigenvalue weighted by Gasteiger charge is -1.99. The summed E-state index contributed by atoms with van der Waals surface area (Å²) in [5.41, 5.74) is -0.215. The number of rotatable bonds is 2. The predicted molar refractivity (Wildman–Crippen MR) is 56.0 cm³/mol. The van der Waals surface area contributed by atoms with Crippen molar-refractivity contribution in [1.82, 2.24) is 19.9 Å². The fraction of sp³-hybridized carbons (Fsp3) is 0. The monoisotopic (exact) mass is 240 g/mol. The van der Waals surface area contributed by atoms with Gasteiger partial charge in [0.15, 0.2) is 10.3 Å². The van der Waals surface area contributed by atoms with Crippen LogP contribution in [0.3, 0.4) is 0 Å². The summed E-state index contributed by atoms with van der Waals surface area (Å²) in [4.78, 5) is 25.4. The molecule has 2 aromatic rings. The molecule has 0 saturated heterocycles. The van der Waals surface area contributed by atoms with Gasteiger partial charge in [0.1, 0.15) is 5.03 Å². The number of nitrogens with zero attached hydrogens (tertiary/aromatic N) is 3. The first kappa shape index (κ1) is 10.1. The largest absolute Gasteiger partial charge is 0.301 e. The molecule has 2 aromatic heterocycles. The molecule has 7 heteroatoms. The maximum Gasteiger partial charge on any atom is 0.251 e. The van der Waals surface area contributed by atoms with Crippen molar-refractivity contribution in [3.8, 4) is 0 Å². The van der Waals surface area contributed by atoms with E-state index in [1.807, 2.05) is 0 Å². The molecule has 0 saturated carbocycles. The van der Waals surface area contributed by atoms with Gasteiger partial charge in [-0.15, -0.1) is 0 Å². The van der Waals surface area contributed by atoms with Gasteiger partial charge in [-0.3, -0.25) is 4.79 Å². The maximum absolute atomic E-state index is 11.0. The van der Waals surface area contributed by atoms with Gasteiger partial charge in [-0.2, -0.15) is 0 Å². The summed E-state index contributed by atoms with van der Waals surface area (Å²) in [6.07, 6.45) is 4.44. The van der Waals surface area contributed by atoms with Gasteiger partial charge in [0.25, 0.3) is 5.56 Å². The van der Waals surface area contributed by atoms with Gasteiger partial charge >= 0.3 is 0 Å². The van der Waals surface area contributed by atoms with Crippen LogP contribution in [-0.2, 0) is 0 Å². The van der Waals surface area contributed by atoms with Crippen LogP contribution >= 0.6 is 23.4 Å². The first-order valence-electron chi connectivity index (χ1n) is 3.95. The highest BCUT2D eigenvalue weighted by Gasteiger charge is 2.05. The molecule has 2 rings (SSSR count). The molecule has 15 heavy (non-hydrogen) atoms. The zero-order valence-corrected chi connectivity index (χ0v) is 8.92. The number of nitrogens with one attached hydrogen (secondary N) is 1. The average molecular weight is 241 g/mol. The van der Waals surface area contributed by atoms with Crippen LogP contribution in [0.5, 0.6) is 0 Å². The minimum atomic E-state index is -0.215. The smallest absolute Gasteiger partial charge is 0.251 e. The third-order valence-corrected chi connectivity index (χ3v) is 2.75. The van der Waals surface area contributed by atoms with Crippen LogP contribution in [-0.4, -0.2) is 19.9 Å². The van der Waals surface area contributed by atoms with E-state index in [2.05, 4.69) is 19.9 Å². The van der Waals surface area contributed by atoms with E-state index in [0.717, 1.165) is 11.8 Å². The molecule has 76 valence electrons. The van der Waals surface area contributed by atoms with Crippen LogP contribution in [0.1, 0.15) is 0 Å². The second-order valence-corrected chi connectivity index (χ2v) is 3.83. The molecular formula is C8H5ClN4OS. The Morgan fingerprint density at radius 1 is 1.20 bits per heavy atom. The maximum atomic E-state index is 11.0. The Morgan fingerprint density at radius 3 is 2.73 bits per heavy atom.